The van der Waals surface area contributed by atoms with Crippen molar-refractivity contribution in [2.75, 3.05) is 12.9 Å². The molecule has 2 heterocycles. The van der Waals surface area contributed by atoms with Crippen molar-refractivity contribution >= 4 is 17.7 Å². The van der Waals surface area contributed by atoms with Crippen molar-refractivity contribution in [2.24, 2.45) is 0 Å². The van der Waals surface area contributed by atoms with Gasteiger partial charge in [0, 0.05) is 12.2 Å². The smallest absolute Gasteiger partial charge is 0.220 e. The normalized spacial score (nSPS) is 11.7. The van der Waals surface area contributed by atoms with E-state index in [-0.39, 0.29) is 11.9 Å². The highest BCUT2D eigenvalue weighted by Gasteiger charge is 2.21. The second-order valence-corrected chi connectivity index (χ2v) is 10.0. The number of carbonyl (C=O) groups excluding carboxylic acids is 1. The summed E-state index contributed by atoms with van der Waals surface area (Å²) in [4.78, 5) is 13.0. The SMILES string of the molecule is COc1ccccc1-n1c(SCCCC(=O)NC(Cc2ccccc2)c2ccccc2)nnc1-c1ccco1. The minimum absolute atomic E-state index is 0.0304. The molecule has 2 aromatic heterocycles. The molecule has 0 bridgehead atoms. The third-order valence-corrected chi connectivity index (χ3v) is 7.32. The number of thioether (sulfide) groups is 1. The lowest BCUT2D eigenvalue weighted by Crippen LogP contribution is -2.29. The van der Waals surface area contributed by atoms with E-state index in [0.717, 1.165) is 17.7 Å². The maximum Gasteiger partial charge on any atom is 0.220 e. The van der Waals surface area contributed by atoms with Gasteiger partial charge in [0.1, 0.15) is 5.75 Å². The highest BCUT2D eigenvalue weighted by Crippen LogP contribution is 2.33. The van der Waals surface area contributed by atoms with Gasteiger partial charge in [0.05, 0.1) is 25.1 Å². The Balaban J connectivity index is 1.24. The summed E-state index contributed by atoms with van der Waals surface area (Å²) in [6.07, 6.45) is 3.46. The molecule has 0 aliphatic heterocycles. The number of para-hydroxylation sites is 2. The summed E-state index contributed by atoms with van der Waals surface area (Å²) in [7, 11) is 1.64. The van der Waals surface area contributed by atoms with Crippen molar-refractivity contribution in [3.63, 3.8) is 0 Å². The van der Waals surface area contributed by atoms with E-state index in [1.807, 2.05) is 77.4 Å². The predicted molar refractivity (Wildman–Crippen MR) is 153 cm³/mol. The fourth-order valence-electron chi connectivity index (χ4n) is 4.41. The molecule has 1 unspecified atom stereocenters. The summed E-state index contributed by atoms with van der Waals surface area (Å²) in [5.74, 6) is 2.65. The van der Waals surface area contributed by atoms with Crippen LogP contribution in [0.5, 0.6) is 5.75 Å². The van der Waals surface area contributed by atoms with Crippen molar-refractivity contribution in [3.05, 3.63) is 114 Å². The van der Waals surface area contributed by atoms with Crippen molar-refractivity contribution < 1.29 is 13.9 Å². The van der Waals surface area contributed by atoms with Crippen LogP contribution < -0.4 is 10.1 Å². The van der Waals surface area contributed by atoms with E-state index in [9.17, 15) is 4.79 Å². The van der Waals surface area contributed by atoms with E-state index >= 15 is 0 Å². The van der Waals surface area contributed by atoms with Crippen LogP contribution in [0.3, 0.4) is 0 Å². The first kappa shape index (κ1) is 26.3. The second-order valence-electron chi connectivity index (χ2n) is 8.96. The first-order valence-corrected chi connectivity index (χ1v) is 13.8. The van der Waals surface area contributed by atoms with Gasteiger partial charge in [-0.2, -0.15) is 0 Å². The van der Waals surface area contributed by atoms with Crippen LogP contribution >= 0.6 is 11.8 Å². The molecule has 7 nitrogen and oxygen atoms in total. The van der Waals surface area contributed by atoms with Crippen LogP contribution in [-0.4, -0.2) is 33.5 Å². The zero-order valence-electron chi connectivity index (χ0n) is 21.7. The Morgan fingerprint density at radius 1 is 0.949 bits per heavy atom. The number of nitrogens with zero attached hydrogens (tertiary/aromatic N) is 3. The fourth-order valence-corrected chi connectivity index (χ4v) is 5.29. The summed E-state index contributed by atoms with van der Waals surface area (Å²) >= 11 is 1.55. The Hall–Kier alpha value is -4.30. The van der Waals surface area contributed by atoms with Crippen LogP contribution in [0.25, 0.3) is 17.3 Å². The molecule has 0 saturated heterocycles. The maximum absolute atomic E-state index is 13.0. The number of hydrogen-bond acceptors (Lipinski definition) is 6. The Labute approximate surface area is 232 Å². The lowest BCUT2D eigenvalue weighted by Gasteiger charge is -2.19. The fraction of sp³-hybridized carbons (Fsp3) is 0.194. The number of methoxy groups -OCH3 is 1. The number of furan rings is 1. The number of ether oxygens (including phenoxy) is 1. The molecular weight excluding hydrogens is 508 g/mol. The van der Waals surface area contributed by atoms with Gasteiger partial charge in [-0.15, -0.1) is 10.2 Å². The Bertz CT molecular complexity index is 1470. The van der Waals surface area contributed by atoms with Gasteiger partial charge >= 0.3 is 0 Å². The number of hydrogen-bond donors (Lipinski definition) is 1. The molecule has 5 rings (SSSR count). The monoisotopic (exact) mass is 538 g/mol. The molecule has 198 valence electrons. The number of carbonyl (C=O) groups is 1. The Kier molecular flexibility index (Phi) is 8.75. The molecule has 0 radical (unpaired) electrons. The lowest BCUT2D eigenvalue weighted by molar-refractivity contribution is -0.121. The molecule has 0 saturated carbocycles. The molecule has 5 aromatic rings. The predicted octanol–water partition coefficient (Wildman–Crippen LogP) is 6.51. The largest absolute Gasteiger partial charge is 0.495 e. The average Bonchev–Trinajstić information content (AvgIpc) is 3.66. The highest BCUT2D eigenvalue weighted by atomic mass is 32.2. The van der Waals surface area contributed by atoms with Crippen LogP contribution in [0.15, 0.2) is 113 Å². The van der Waals surface area contributed by atoms with Crippen molar-refractivity contribution in [2.45, 2.75) is 30.5 Å². The molecule has 1 atom stereocenters. The maximum atomic E-state index is 13.0. The van der Waals surface area contributed by atoms with E-state index < -0.39 is 0 Å². The molecule has 1 N–H and O–H groups in total. The van der Waals surface area contributed by atoms with Crippen LogP contribution in [0.2, 0.25) is 0 Å². The minimum atomic E-state index is -0.0850. The molecular formula is C31H30N4O3S. The number of amides is 1. The number of nitrogens with one attached hydrogen (secondary N) is 1. The molecule has 0 spiro atoms. The van der Waals surface area contributed by atoms with Gasteiger partial charge in [-0.1, -0.05) is 84.6 Å². The van der Waals surface area contributed by atoms with Crippen LogP contribution in [-0.2, 0) is 11.2 Å². The van der Waals surface area contributed by atoms with Gasteiger partial charge in [-0.05, 0) is 48.2 Å². The van der Waals surface area contributed by atoms with Crippen molar-refractivity contribution in [3.8, 4) is 23.0 Å². The van der Waals surface area contributed by atoms with E-state index in [1.165, 1.54) is 5.56 Å². The van der Waals surface area contributed by atoms with Gasteiger partial charge < -0.3 is 14.5 Å². The van der Waals surface area contributed by atoms with Crippen molar-refractivity contribution in [1.82, 2.24) is 20.1 Å². The number of benzene rings is 3. The van der Waals surface area contributed by atoms with Gasteiger partial charge in [0.2, 0.25) is 11.7 Å². The zero-order valence-corrected chi connectivity index (χ0v) is 22.5. The van der Waals surface area contributed by atoms with Crippen LogP contribution in [0.1, 0.15) is 30.0 Å². The van der Waals surface area contributed by atoms with E-state index in [1.54, 1.807) is 25.1 Å². The summed E-state index contributed by atoms with van der Waals surface area (Å²) in [6.45, 7) is 0. The summed E-state index contributed by atoms with van der Waals surface area (Å²) < 4.78 is 13.2. The van der Waals surface area contributed by atoms with Crippen molar-refractivity contribution in [1.29, 1.82) is 0 Å². The third kappa shape index (κ3) is 6.59. The third-order valence-electron chi connectivity index (χ3n) is 6.30. The first-order chi connectivity index (χ1) is 19.2. The highest BCUT2D eigenvalue weighted by molar-refractivity contribution is 7.99. The van der Waals surface area contributed by atoms with Gasteiger partial charge in [-0.3, -0.25) is 9.36 Å². The Morgan fingerprint density at radius 3 is 2.44 bits per heavy atom. The standard InChI is InChI=1S/C31H30N4O3S/c1-37-27-17-9-8-16-26(27)35-30(28-18-10-20-38-28)33-34-31(35)39-21-11-19-29(36)32-25(24-14-6-3-7-15-24)22-23-12-4-2-5-13-23/h2-10,12-18,20,25H,11,19,21-22H2,1H3,(H,32,36). The molecule has 0 fully saturated rings. The summed E-state index contributed by atoms with van der Waals surface area (Å²) in [6, 6.07) is 31.7. The van der Waals surface area contributed by atoms with Gasteiger partial charge in [0.15, 0.2) is 10.9 Å². The second kappa shape index (κ2) is 13.0. The lowest BCUT2D eigenvalue weighted by atomic mass is 9.98. The average molecular weight is 539 g/mol. The molecule has 0 aliphatic carbocycles. The molecule has 8 heteroatoms. The number of rotatable bonds is 12. The summed E-state index contributed by atoms with van der Waals surface area (Å²) in [5, 5.41) is 12.8. The van der Waals surface area contributed by atoms with Crippen LogP contribution in [0, 0.1) is 0 Å². The van der Waals surface area contributed by atoms with E-state index in [4.69, 9.17) is 9.15 Å². The quantitative estimate of drug-likeness (QED) is 0.144. The van der Waals surface area contributed by atoms with E-state index in [0.29, 0.717) is 41.1 Å². The van der Waals surface area contributed by atoms with Gasteiger partial charge in [-0.25, -0.2) is 0 Å². The van der Waals surface area contributed by atoms with Gasteiger partial charge in [0.25, 0.3) is 0 Å². The zero-order chi connectivity index (χ0) is 26.9. The summed E-state index contributed by atoms with van der Waals surface area (Å²) in [5.41, 5.74) is 3.10. The molecule has 39 heavy (non-hydrogen) atoms. The molecule has 0 aliphatic rings. The molecule has 3 aromatic carbocycles. The molecule has 1 amide bonds. The van der Waals surface area contributed by atoms with Crippen LogP contribution in [0.4, 0.5) is 0 Å². The number of aromatic nitrogens is 3. The van der Waals surface area contributed by atoms with E-state index in [2.05, 4.69) is 39.8 Å². The topological polar surface area (TPSA) is 82.2 Å². The minimum Gasteiger partial charge on any atom is -0.495 e. The first-order valence-electron chi connectivity index (χ1n) is 12.9. The Morgan fingerprint density at radius 2 is 1.69 bits per heavy atom.